The van der Waals surface area contributed by atoms with E-state index >= 15 is 0 Å². The van der Waals surface area contributed by atoms with Crippen molar-refractivity contribution in [1.82, 2.24) is 10.3 Å². The van der Waals surface area contributed by atoms with Gasteiger partial charge in [0.1, 0.15) is 5.56 Å². The predicted octanol–water partition coefficient (Wildman–Crippen LogP) is 0.975. The van der Waals surface area contributed by atoms with Gasteiger partial charge in [-0.2, -0.15) is 0 Å². The van der Waals surface area contributed by atoms with Crippen molar-refractivity contribution in [2.45, 2.75) is 39.2 Å². The molecule has 0 bridgehead atoms. The summed E-state index contributed by atoms with van der Waals surface area (Å²) in [7, 11) is 0. The number of rotatable bonds is 3. The van der Waals surface area contributed by atoms with Crippen LogP contribution >= 0.6 is 0 Å². The summed E-state index contributed by atoms with van der Waals surface area (Å²) in [5, 5.41) is 11.7. The average molecular weight is 278 g/mol. The van der Waals surface area contributed by atoms with Crippen LogP contribution < -0.4 is 10.9 Å². The van der Waals surface area contributed by atoms with Gasteiger partial charge in [-0.3, -0.25) is 14.4 Å². The van der Waals surface area contributed by atoms with Crippen molar-refractivity contribution >= 4 is 11.9 Å². The zero-order chi connectivity index (χ0) is 14.9. The van der Waals surface area contributed by atoms with Gasteiger partial charge in [0.25, 0.3) is 11.5 Å². The first-order chi connectivity index (χ1) is 9.38. The molecule has 20 heavy (non-hydrogen) atoms. The highest BCUT2D eigenvalue weighted by Gasteiger charge is 2.31. The molecule has 2 atom stereocenters. The quantitative estimate of drug-likeness (QED) is 0.767. The number of hydrogen-bond acceptors (Lipinski definition) is 3. The normalized spacial score (nSPS) is 21.7. The summed E-state index contributed by atoms with van der Waals surface area (Å²) in [6, 6.07) is 1.56. The summed E-state index contributed by atoms with van der Waals surface area (Å²) in [6.07, 6.45) is 1.61. The standard InChI is InChI=1S/C14H18N2O4/c1-7-5-8(2)15-12(17)11(7)13(18)16-10-4-3-9(6-10)14(19)20/h5,9-10H,3-4,6H2,1-2H3,(H,15,17)(H,16,18)(H,19,20). The molecule has 1 aromatic rings. The number of carbonyl (C=O) groups is 2. The van der Waals surface area contributed by atoms with E-state index in [1.165, 1.54) is 0 Å². The Morgan fingerprint density at radius 1 is 1.35 bits per heavy atom. The molecule has 2 rings (SSSR count). The Bertz CT molecular complexity index is 606. The molecule has 0 saturated heterocycles. The summed E-state index contributed by atoms with van der Waals surface area (Å²) in [4.78, 5) is 37.5. The van der Waals surface area contributed by atoms with Crippen molar-refractivity contribution in [3.8, 4) is 0 Å². The molecule has 3 N–H and O–H groups in total. The maximum absolute atomic E-state index is 12.2. The molecule has 1 aliphatic carbocycles. The Kier molecular flexibility index (Phi) is 3.92. The predicted molar refractivity (Wildman–Crippen MR) is 72.8 cm³/mol. The number of H-pyrrole nitrogens is 1. The summed E-state index contributed by atoms with van der Waals surface area (Å²) >= 11 is 0. The van der Waals surface area contributed by atoms with Crippen molar-refractivity contribution in [2.75, 3.05) is 0 Å². The number of aliphatic carboxylic acids is 1. The molecule has 1 amide bonds. The molecule has 0 spiro atoms. The van der Waals surface area contributed by atoms with Crippen LogP contribution in [0.2, 0.25) is 0 Å². The van der Waals surface area contributed by atoms with Crippen LogP contribution in [0.15, 0.2) is 10.9 Å². The highest BCUT2D eigenvalue weighted by atomic mass is 16.4. The number of aromatic nitrogens is 1. The van der Waals surface area contributed by atoms with Gasteiger partial charge in [-0.1, -0.05) is 0 Å². The number of aryl methyl sites for hydroxylation is 2. The van der Waals surface area contributed by atoms with Crippen LogP contribution in [0.25, 0.3) is 0 Å². The van der Waals surface area contributed by atoms with E-state index in [2.05, 4.69) is 10.3 Å². The number of aromatic amines is 1. The summed E-state index contributed by atoms with van der Waals surface area (Å²) in [5.41, 5.74) is 1.02. The molecule has 1 fully saturated rings. The van der Waals surface area contributed by atoms with Gasteiger partial charge in [0.05, 0.1) is 5.92 Å². The van der Waals surface area contributed by atoms with E-state index in [4.69, 9.17) is 5.11 Å². The van der Waals surface area contributed by atoms with Gasteiger partial charge in [-0.05, 0) is 44.7 Å². The minimum absolute atomic E-state index is 0.106. The van der Waals surface area contributed by atoms with Crippen LogP contribution in [0.3, 0.4) is 0 Å². The molecule has 6 heteroatoms. The first kappa shape index (κ1) is 14.3. The van der Waals surface area contributed by atoms with E-state index in [1.807, 2.05) is 0 Å². The highest BCUT2D eigenvalue weighted by Crippen LogP contribution is 2.25. The van der Waals surface area contributed by atoms with Crippen molar-refractivity contribution in [3.63, 3.8) is 0 Å². The van der Waals surface area contributed by atoms with Gasteiger partial charge < -0.3 is 15.4 Å². The third-order valence-electron chi connectivity index (χ3n) is 3.71. The van der Waals surface area contributed by atoms with E-state index in [0.29, 0.717) is 30.5 Å². The Labute approximate surface area is 116 Å². The van der Waals surface area contributed by atoms with Crippen LogP contribution in [-0.2, 0) is 4.79 Å². The number of amides is 1. The fourth-order valence-electron chi connectivity index (χ4n) is 2.73. The van der Waals surface area contributed by atoms with Gasteiger partial charge >= 0.3 is 5.97 Å². The van der Waals surface area contributed by atoms with Crippen LogP contribution in [0.4, 0.5) is 0 Å². The minimum atomic E-state index is -0.828. The topological polar surface area (TPSA) is 99.3 Å². The number of hydrogen-bond donors (Lipinski definition) is 3. The third-order valence-corrected chi connectivity index (χ3v) is 3.71. The molecule has 108 valence electrons. The largest absolute Gasteiger partial charge is 0.481 e. The molecule has 1 heterocycles. The summed E-state index contributed by atoms with van der Waals surface area (Å²) in [6.45, 7) is 3.47. The zero-order valence-electron chi connectivity index (χ0n) is 11.5. The van der Waals surface area contributed by atoms with E-state index in [-0.39, 0.29) is 11.6 Å². The lowest BCUT2D eigenvalue weighted by molar-refractivity contribution is -0.141. The third kappa shape index (κ3) is 2.89. The van der Waals surface area contributed by atoms with Crippen molar-refractivity contribution in [3.05, 3.63) is 33.2 Å². The first-order valence-corrected chi connectivity index (χ1v) is 6.62. The fourth-order valence-corrected chi connectivity index (χ4v) is 2.73. The smallest absolute Gasteiger partial charge is 0.306 e. The van der Waals surface area contributed by atoms with Crippen molar-refractivity contribution in [2.24, 2.45) is 5.92 Å². The van der Waals surface area contributed by atoms with E-state index < -0.39 is 23.4 Å². The van der Waals surface area contributed by atoms with Crippen LogP contribution in [0.1, 0.15) is 40.9 Å². The van der Waals surface area contributed by atoms with Gasteiger partial charge in [0.2, 0.25) is 0 Å². The molecule has 1 aliphatic rings. The Hall–Kier alpha value is -2.11. The summed E-state index contributed by atoms with van der Waals surface area (Å²) in [5.74, 6) is -1.66. The molecule has 6 nitrogen and oxygen atoms in total. The first-order valence-electron chi connectivity index (χ1n) is 6.62. The monoisotopic (exact) mass is 278 g/mol. The molecule has 1 saturated carbocycles. The SMILES string of the molecule is Cc1cc(C)c(C(=O)NC2CCC(C(=O)O)C2)c(=O)[nH]1. The maximum atomic E-state index is 12.2. The Morgan fingerprint density at radius 2 is 2.05 bits per heavy atom. The van der Waals surface area contributed by atoms with Crippen molar-refractivity contribution in [1.29, 1.82) is 0 Å². The van der Waals surface area contributed by atoms with Gasteiger partial charge in [-0.15, -0.1) is 0 Å². The van der Waals surface area contributed by atoms with E-state index in [0.717, 1.165) is 0 Å². The average Bonchev–Trinajstić information content (AvgIpc) is 2.75. The van der Waals surface area contributed by atoms with Crippen LogP contribution in [0, 0.1) is 19.8 Å². The molecule has 2 unspecified atom stereocenters. The van der Waals surface area contributed by atoms with Crippen LogP contribution in [-0.4, -0.2) is 28.0 Å². The van der Waals surface area contributed by atoms with E-state index in [1.54, 1.807) is 19.9 Å². The van der Waals surface area contributed by atoms with Crippen LogP contribution in [0.5, 0.6) is 0 Å². The molecule has 0 radical (unpaired) electrons. The molecule has 0 aliphatic heterocycles. The molecule has 0 aromatic carbocycles. The lowest BCUT2D eigenvalue weighted by Gasteiger charge is -2.13. The minimum Gasteiger partial charge on any atom is -0.481 e. The Morgan fingerprint density at radius 3 is 2.60 bits per heavy atom. The van der Waals surface area contributed by atoms with Gasteiger partial charge in [0, 0.05) is 11.7 Å². The summed E-state index contributed by atoms with van der Waals surface area (Å²) < 4.78 is 0. The van der Waals surface area contributed by atoms with Gasteiger partial charge in [-0.25, -0.2) is 0 Å². The highest BCUT2D eigenvalue weighted by molar-refractivity contribution is 5.95. The molecular formula is C14H18N2O4. The maximum Gasteiger partial charge on any atom is 0.306 e. The lowest BCUT2D eigenvalue weighted by Crippen LogP contribution is -2.37. The van der Waals surface area contributed by atoms with Crippen molar-refractivity contribution < 1.29 is 14.7 Å². The number of nitrogens with one attached hydrogen (secondary N) is 2. The Balaban J connectivity index is 2.11. The number of carboxylic acid groups (broad SMARTS) is 1. The lowest BCUT2D eigenvalue weighted by atomic mass is 10.1. The molecular weight excluding hydrogens is 260 g/mol. The van der Waals surface area contributed by atoms with Gasteiger partial charge in [0.15, 0.2) is 0 Å². The second-order valence-corrected chi connectivity index (χ2v) is 5.36. The molecule has 1 aromatic heterocycles. The second-order valence-electron chi connectivity index (χ2n) is 5.36. The zero-order valence-corrected chi connectivity index (χ0v) is 11.5. The van der Waals surface area contributed by atoms with E-state index in [9.17, 15) is 14.4 Å². The number of carbonyl (C=O) groups excluding carboxylic acids is 1. The fraction of sp³-hybridized carbons (Fsp3) is 0.500. The second kappa shape index (κ2) is 5.48. The number of carboxylic acids is 1. The number of pyridine rings is 1.